The Morgan fingerprint density at radius 1 is 1.27 bits per heavy atom. The van der Waals surface area contributed by atoms with E-state index >= 15 is 0 Å². The Bertz CT molecular complexity index is 762. The number of carbonyl (C=O) groups excluding carboxylic acids is 1. The van der Waals surface area contributed by atoms with E-state index in [1.165, 1.54) is 7.11 Å². The molecule has 0 radical (unpaired) electrons. The summed E-state index contributed by atoms with van der Waals surface area (Å²) in [6.45, 7) is 3.54. The smallest absolute Gasteiger partial charge is 0.453 e. The van der Waals surface area contributed by atoms with Gasteiger partial charge in [-0.3, -0.25) is 4.79 Å². The molecule has 0 bridgehead atoms. The lowest BCUT2D eigenvalue weighted by molar-refractivity contribution is -0.146. The summed E-state index contributed by atoms with van der Waals surface area (Å²) < 4.78 is 43.7. The van der Waals surface area contributed by atoms with Crippen molar-refractivity contribution >= 4 is 23.4 Å². The van der Waals surface area contributed by atoms with Gasteiger partial charge in [-0.2, -0.15) is 13.2 Å². The molecule has 1 amide bonds. The molecule has 0 spiro atoms. The van der Waals surface area contributed by atoms with E-state index in [1.807, 2.05) is 0 Å². The predicted molar refractivity (Wildman–Crippen MR) is 91.3 cm³/mol. The number of benzene rings is 1. The van der Waals surface area contributed by atoms with Crippen molar-refractivity contribution < 1.29 is 22.7 Å². The van der Waals surface area contributed by atoms with E-state index < -0.39 is 17.3 Å². The first kappa shape index (κ1) is 19.9. The number of nitrogens with one attached hydrogen (secondary N) is 1. The molecule has 2 rings (SSSR count). The van der Waals surface area contributed by atoms with Gasteiger partial charge >= 0.3 is 6.18 Å². The normalized spacial score (nSPS) is 12.9. The number of nitrogens with two attached hydrogens (primary N) is 1. The standard InChI is InChI=1S/C15H18F3N5O2S/c1-8(2)11(12(24)20-9-4-6-10(25-3)7-5-9)26-14-22-21-13(23(14)19)15(16,17)18/h4-8,11H,19H2,1-3H3,(H,20,24). The van der Waals surface area contributed by atoms with Crippen molar-refractivity contribution in [3.8, 4) is 5.75 Å². The van der Waals surface area contributed by atoms with Crippen molar-refractivity contribution in [3.63, 3.8) is 0 Å². The minimum atomic E-state index is -4.72. The van der Waals surface area contributed by atoms with Gasteiger partial charge in [0.25, 0.3) is 5.82 Å². The Balaban J connectivity index is 2.15. The van der Waals surface area contributed by atoms with Gasteiger partial charge in [-0.15, -0.1) is 10.2 Å². The highest BCUT2D eigenvalue weighted by Crippen LogP contribution is 2.32. The Morgan fingerprint density at radius 2 is 1.88 bits per heavy atom. The van der Waals surface area contributed by atoms with Crippen LogP contribution in [-0.2, 0) is 11.0 Å². The number of hydrogen-bond acceptors (Lipinski definition) is 6. The lowest BCUT2D eigenvalue weighted by Crippen LogP contribution is -2.30. The van der Waals surface area contributed by atoms with Crippen LogP contribution in [0.25, 0.3) is 0 Å². The van der Waals surface area contributed by atoms with Crippen LogP contribution < -0.4 is 15.9 Å². The van der Waals surface area contributed by atoms with Crippen LogP contribution in [0.5, 0.6) is 5.75 Å². The number of carbonyl (C=O) groups is 1. The Hall–Kier alpha value is -2.43. The topological polar surface area (TPSA) is 95.1 Å². The molecule has 1 heterocycles. The summed E-state index contributed by atoms with van der Waals surface area (Å²) in [6, 6.07) is 6.68. The average Bonchev–Trinajstić information content (AvgIpc) is 2.93. The molecule has 1 aromatic carbocycles. The van der Waals surface area contributed by atoms with E-state index in [0.717, 1.165) is 11.8 Å². The molecule has 2 aromatic rings. The molecule has 0 aliphatic heterocycles. The number of rotatable bonds is 6. The zero-order chi connectivity index (χ0) is 19.5. The van der Waals surface area contributed by atoms with Crippen molar-refractivity contribution in [3.05, 3.63) is 30.1 Å². The average molecular weight is 389 g/mol. The summed E-state index contributed by atoms with van der Waals surface area (Å²) in [7, 11) is 1.52. The van der Waals surface area contributed by atoms with Crippen LogP contribution in [0.2, 0.25) is 0 Å². The van der Waals surface area contributed by atoms with E-state index in [9.17, 15) is 18.0 Å². The number of ether oxygens (including phenoxy) is 1. The van der Waals surface area contributed by atoms with E-state index in [0.29, 0.717) is 16.1 Å². The number of alkyl halides is 3. The van der Waals surface area contributed by atoms with Crippen LogP contribution in [0.1, 0.15) is 19.7 Å². The van der Waals surface area contributed by atoms with E-state index in [2.05, 4.69) is 15.5 Å². The molecule has 0 aliphatic carbocycles. The van der Waals surface area contributed by atoms with Crippen LogP contribution in [0.4, 0.5) is 18.9 Å². The number of nitrogen functional groups attached to an aromatic ring is 1. The van der Waals surface area contributed by atoms with Gasteiger partial charge in [0.15, 0.2) is 0 Å². The summed E-state index contributed by atoms with van der Waals surface area (Å²) >= 11 is 0.823. The highest BCUT2D eigenvalue weighted by molar-refractivity contribution is 8.00. The summed E-state index contributed by atoms with van der Waals surface area (Å²) in [6.07, 6.45) is -4.72. The van der Waals surface area contributed by atoms with Crippen molar-refractivity contribution in [2.45, 2.75) is 30.4 Å². The fraction of sp³-hybridized carbons (Fsp3) is 0.400. The molecule has 142 valence electrons. The second-order valence-corrected chi connectivity index (χ2v) is 6.78. The molecule has 0 saturated carbocycles. The molecule has 1 aromatic heterocycles. The second kappa shape index (κ2) is 7.85. The molecule has 26 heavy (non-hydrogen) atoms. The van der Waals surface area contributed by atoms with Gasteiger partial charge in [0.05, 0.1) is 12.4 Å². The molecule has 7 nitrogen and oxygen atoms in total. The van der Waals surface area contributed by atoms with Crippen LogP contribution in [0.15, 0.2) is 29.4 Å². The van der Waals surface area contributed by atoms with E-state index in [1.54, 1.807) is 38.1 Å². The second-order valence-electron chi connectivity index (χ2n) is 5.67. The van der Waals surface area contributed by atoms with Gasteiger partial charge in [0.2, 0.25) is 11.1 Å². The van der Waals surface area contributed by atoms with Crippen LogP contribution in [0, 0.1) is 5.92 Å². The number of nitrogens with zero attached hydrogens (tertiary/aromatic N) is 3. The molecular weight excluding hydrogens is 371 g/mol. The van der Waals surface area contributed by atoms with Crippen molar-refractivity contribution in [1.82, 2.24) is 14.9 Å². The SMILES string of the molecule is COc1ccc(NC(=O)C(Sc2nnc(C(F)(F)F)n2N)C(C)C)cc1. The number of anilines is 1. The number of amides is 1. The largest absolute Gasteiger partial charge is 0.497 e. The number of aromatic nitrogens is 3. The highest BCUT2D eigenvalue weighted by atomic mass is 32.2. The third kappa shape index (κ3) is 4.59. The molecule has 1 atom stereocenters. The third-order valence-electron chi connectivity index (χ3n) is 3.37. The summed E-state index contributed by atoms with van der Waals surface area (Å²) in [5, 5.41) is 8.31. The molecule has 3 N–H and O–H groups in total. The van der Waals surface area contributed by atoms with Crippen molar-refractivity contribution in [1.29, 1.82) is 0 Å². The van der Waals surface area contributed by atoms with E-state index in [-0.39, 0.29) is 17.0 Å². The minimum Gasteiger partial charge on any atom is -0.497 e. The van der Waals surface area contributed by atoms with Crippen molar-refractivity contribution in [2.24, 2.45) is 5.92 Å². The molecule has 0 saturated heterocycles. The van der Waals surface area contributed by atoms with Crippen molar-refractivity contribution in [2.75, 3.05) is 18.3 Å². The van der Waals surface area contributed by atoms with Crippen LogP contribution >= 0.6 is 11.8 Å². The number of hydrogen-bond donors (Lipinski definition) is 2. The summed E-state index contributed by atoms with van der Waals surface area (Å²) in [5.74, 6) is 4.17. The van der Waals surface area contributed by atoms with Gasteiger partial charge in [0.1, 0.15) is 5.75 Å². The number of thioether (sulfide) groups is 1. The Kier molecular flexibility index (Phi) is 6.01. The van der Waals surface area contributed by atoms with Gasteiger partial charge in [0, 0.05) is 5.69 Å². The summed E-state index contributed by atoms with van der Waals surface area (Å²) in [5.41, 5.74) is 0.534. The first-order valence-electron chi connectivity index (χ1n) is 7.52. The lowest BCUT2D eigenvalue weighted by Gasteiger charge is -2.19. The molecule has 11 heteroatoms. The molecular formula is C15H18F3N5O2S. The molecule has 0 aliphatic rings. The number of methoxy groups -OCH3 is 1. The first-order chi connectivity index (χ1) is 12.1. The van der Waals surface area contributed by atoms with Gasteiger partial charge in [-0.1, -0.05) is 25.6 Å². The molecule has 1 unspecified atom stereocenters. The quantitative estimate of drug-likeness (QED) is 0.583. The summed E-state index contributed by atoms with van der Waals surface area (Å²) in [4.78, 5) is 12.5. The number of halogens is 3. The lowest BCUT2D eigenvalue weighted by atomic mass is 10.1. The zero-order valence-corrected chi connectivity index (χ0v) is 15.1. The predicted octanol–water partition coefficient (Wildman–Crippen LogP) is 2.77. The minimum absolute atomic E-state index is 0.190. The zero-order valence-electron chi connectivity index (χ0n) is 14.2. The maximum Gasteiger partial charge on any atom is 0.453 e. The van der Waals surface area contributed by atoms with Crippen LogP contribution in [0.3, 0.4) is 0 Å². The van der Waals surface area contributed by atoms with Crippen LogP contribution in [-0.4, -0.2) is 33.1 Å². The van der Waals surface area contributed by atoms with E-state index in [4.69, 9.17) is 10.6 Å². The first-order valence-corrected chi connectivity index (χ1v) is 8.40. The van der Waals surface area contributed by atoms with Gasteiger partial charge < -0.3 is 15.9 Å². The third-order valence-corrected chi connectivity index (χ3v) is 4.87. The maximum absolute atomic E-state index is 12.8. The fourth-order valence-corrected chi connectivity index (χ4v) is 3.00. The Labute approximate surface area is 152 Å². The Morgan fingerprint density at radius 3 is 2.35 bits per heavy atom. The van der Waals surface area contributed by atoms with Gasteiger partial charge in [-0.25, -0.2) is 4.68 Å². The molecule has 0 fully saturated rings. The van der Waals surface area contributed by atoms with Gasteiger partial charge in [-0.05, 0) is 30.2 Å². The maximum atomic E-state index is 12.8. The fourth-order valence-electron chi connectivity index (χ4n) is 2.04. The highest BCUT2D eigenvalue weighted by Gasteiger charge is 2.39. The monoisotopic (exact) mass is 389 g/mol.